The number of hydrogen-bond donors (Lipinski definition) is 5. The molecule has 322 valence electrons. The lowest BCUT2D eigenvalue weighted by Gasteiger charge is -2.47. The number of amides is 6. The molecule has 4 fully saturated rings. The second-order valence-electron chi connectivity index (χ2n) is 17.5. The van der Waals surface area contributed by atoms with Crippen LogP contribution in [0.3, 0.4) is 0 Å². The second-order valence-corrected chi connectivity index (χ2v) is 18.3. The maximum atomic E-state index is 16.3. The molecule has 12 nitrogen and oxygen atoms in total. The Bertz CT molecular complexity index is 2460. The molecule has 4 atom stereocenters. The number of imide groups is 1. The average Bonchev–Trinajstić information content (AvgIpc) is 3.85. The largest absolute Gasteiger partial charge is 0.353 e. The van der Waals surface area contributed by atoms with Crippen molar-refractivity contribution in [3.8, 4) is 11.8 Å². The molecule has 15 heteroatoms. The first kappa shape index (κ1) is 42.0. The van der Waals surface area contributed by atoms with Gasteiger partial charge in [0, 0.05) is 71.2 Å². The molecule has 0 aromatic heterocycles. The fourth-order valence-electron chi connectivity index (χ4n) is 11.2. The zero-order chi connectivity index (χ0) is 43.3. The average molecular weight is 882 g/mol. The Morgan fingerprint density at radius 2 is 1.63 bits per heavy atom. The van der Waals surface area contributed by atoms with Crippen molar-refractivity contribution in [3.05, 3.63) is 98.3 Å². The molecule has 4 heterocycles. The van der Waals surface area contributed by atoms with E-state index in [0.29, 0.717) is 72.3 Å². The van der Waals surface area contributed by atoms with Gasteiger partial charge < -0.3 is 20.9 Å². The molecule has 5 N–H and O–H groups in total. The number of piperidine rings is 1. The Labute approximate surface area is 368 Å². The van der Waals surface area contributed by atoms with Crippen LogP contribution in [0.2, 0.25) is 10.0 Å². The minimum absolute atomic E-state index is 0.0810. The summed E-state index contributed by atoms with van der Waals surface area (Å²) in [6.45, 7) is 0.218. The second kappa shape index (κ2) is 16.8. The number of benzene rings is 3. The molecule has 2 spiro atoms. The van der Waals surface area contributed by atoms with E-state index in [1.54, 1.807) is 36.4 Å². The van der Waals surface area contributed by atoms with E-state index in [9.17, 15) is 28.8 Å². The smallest absolute Gasteiger partial charge is 0.255 e. The lowest BCUT2D eigenvalue weighted by Crippen LogP contribution is -2.60. The summed E-state index contributed by atoms with van der Waals surface area (Å²) in [7, 11) is 0. The molecular weight excluding hydrogens is 834 g/mol. The molecule has 3 aromatic carbocycles. The molecule has 6 amide bonds. The van der Waals surface area contributed by atoms with E-state index in [2.05, 4.69) is 38.4 Å². The summed E-state index contributed by atoms with van der Waals surface area (Å²) >= 11 is 12.8. The standard InChI is InChI=1S/C47H47Cl2FN6O6/c48-27-14-19-33-35(24-27)53-45(62)47(33)39(31-11-7-12-34(49)40(31)50)41(55-46(47)22-4-1-5-23-46)43(60)52-29-17-15-28(16-18-29)51-37(57)13-3-2-8-26-9-6-10-30-32(26)25-56(44(30)61)36-20-21-38(58)54-42(36)59/h6-7,9-12,14,19,24,28-29,36,39,41,55H,1,3-5,13,15-18,20-23,25H2,(H,51,57)(H,52,60)(H,53,62)(H,54,58,59)/t28-,29-,36?,39-,41+,47+/m0/s1. The predicted molar refractivity (Wildman–Crippen MR) is 230 cm³/mol. The summed E-state index contributed by atoms with van der Waals surface area (Å²) in [5.74, 6) is 2.80. The molecule has 2 aliphatic carbocycles. The van der Waals surface area contributed by atoms with Crippen molar-refractivity contribution in [1.29, 1.82) is 0 Å². The Morgan fingerprint density at radius 3 is 2.39 bits per heavy atom. The van der Waals surface area contributed by atoms with Gasteiger partial charge in [0.1, 0.15) is 17.3 Å². The van der Waals surface area contributed by atoms with Crippen molar-refractivity contribution in [3.63, 3.8) is 0 Å². The molecule has 62 heavy (non-hydrogen) atoms. The van der Waals surface area contributed by atoms with Gasteiger partial charge >= 0.3 is 0 Å². The van der Waals surface area contributed by atoms with E-state index < -0.39 is 40.7 Å². The van der Waals surface area contributed by atoms with Crippen LogP contribution in [0.5, 0.6) is 0 Å². The van der Waals surface area contributed by atoms with E-state index in [-0.39, 0.29) is 78.0 Å². The van der Waals surface area contributed by atoms with Crippen LogP contribution in [0.25, 0.3) is 0 Å². The maximum Gasteiger partial charge on any atom is 0.255 e. The summed E-state index contributed by atoms with van der Waals surface area (Å²) in [5, 5.41) is 15.8. The first-order chi connectivity index (χ1) is 29.9. The van der Waals surface area contributed by atoms with Gasteiger partial charge in [0.15, 0.2) is 0 Å². The van der Waals surface area contributed by atoms with Crippen LogP contribution in [-0.4, -0.2) is 70.0 Å². The molecule has 2 saturated heterocycles. The maximum absolute atomic E-state index is 16.3. The summed E-state index contributed by atoms with van der Waals surface area (Å²) in [5.41, 5.74) is 1.19. The van der Waals surface area contributed by atoms with E-state index in [0.717, 1.165) is 24.8 Å². The van der Waals surface area contributed by atoms with Crippen LogP contribution in [0.15, 0.2) is 54.6 Å². The molecular formula is C47H47Cl2FN6O6. The van der Waals surface area contributed by atoms with Gasteiger partial charge in [0.25, 0.3) is 5.91 Å². The highest BCUT2D eigenvalue weighted by Crippen LogP contribution is 2.62. The van der Waals surface area contributed by atoms with Gasteiger partial charge in [-0.2, -0.15) is 0 Å². The zero-order valence-electron chi connectivity index (χ0n) is 34.0. The highest BCUT2D eigenvalue weighted by atomic mass is 35.5. The van der Waals surface area contributed by atoms with E-state index in [1.807, 2.05) is 12.1 Å². The van der Waals surface area contributed by atoms with Crippen molar-refractivity contribution in [2.45, 2.75) is 131 Å². The van der Waals surface area contributed by atoms with Crippen LogP contribution in [0.4, 0.5) is 10.1 Å². The summed E-state index contributed by atoms with van der Waals surface area (Å²) in [6.07, 6.45) is 7.38. The number of carbonyl (C=O) groups excluding carboxylic acids is 6. The van der Waals surface area contributed by atoms with Gasteiger partial charge in [-0.1, -0.05) is 78.6 Å². The Morgan fingerprint density at radius 1 is 0.887 bits per heavy atom. The molecule has 0 radical (unpaired) electrons. The van der Waals surface area contributed by atoms with Gasteiger partial charge in [-0.15, -0.1) is 0 Å². The van der Waals surface area contributed by atoms with Crippen LogP contribution < -0.4 is 26.6 Å². The third kappa shape index (κ3) is 7.23. The van der Waals surface area contributed by atoms with Gasteiger partial charge in [0.05, 0.1) is 11.1 Å². The highest BCUT2D eigenvalue weighted by molar-refractivity contribution is 6.31. The lowest BCUT2D eigenvalue weighted by molar-refractivity contribution is -0.137. The normalized spacial score (nSPS) is 27.3. The van der Waals surface area contributed by atoms with Gasteiger partial charge in [-0.3, -0.25) is 39.4 Å². The number of nitrogens with zero attached hydrogens (tertiary/aromatic N) is 1. The summed E-state index contributed by atoms with van der Waals surface area (Å²) in [6, 6.07) is 13.4. The van der Waals surface area contributed by atoms with Gasteiger partial charge in [0.2, 0.25) is 29.5 Å². The molecule has 0 bridgehead atoms. The first-order valence-electron chi connectivity index (χ1n) is 21.6. The highest BCUT2D eigenvalue weighted by Gasteiger charge is 2.72. The predicted octanol–water partition coefficient (Wildman–Crippen LogP) is 5.92. The number of fused-ring (bicyclic) bond motifs is 4. The van der Waals surface area contributed by atoms with E-state index in [4.69, 9.17) is 23.2 Å². The summed E-state index contributed by atoms with van der Waals surface area (Å²) < 4.78 is 16.3. The molecule has 2 saturated carbocycles. The number of anilines is 1. The fraction of sp³-hybridized carbons (Fsp3) is 0.447. The number of carbonyl (C=O) groups is 6. The molecule has 9 rings (SSSR count). The monoisotopic (exact) mass is 880 g/mol. The van der Waals surface area contributed by atoms with Crippen molar-refractivity contribution in [2.75, 3.05) is 5.32 Å². The number of halogens is 3. The van der Waals surface area contributed by atoms with Crippen LogP contribution in [-0.2, 0) is 35.9 Å². The number of nitrogens with one attached hydrogen (secondary N) is 5. The molecule has 4 aliphatic heterocycles. The van der Waals surface area contributed by atoms with Crippen molar-refractivity contribution in [1.82, 2.24) is 26.2 Å². The number of rotatable bonds is 7. The minimum Gasteiger partial charge on any atom is -0.353 e. The third-order valence-electron chi connectivity index (χ3n) is 14.0. The van der Waals surface area contributed by atoms with Gasteiger partial charge in [-0.25, -0.2) is 4.39 Å². The number of hydrogen-bond acceptors (Lipinski definition) is 7. The molecule has 6 aliphatic rings. The zero-order valence-corrected chi connectivity index (χ0v) is 35.5. The van der Waals surface area contributed by atoms with E-state index in [1.165, 1.54) is 11.0 Å². The Hall–Kier alpha value is -5.29. The van der Waals surface area contributed by atoms with E-state index >= 15 is 4.39 Å². The van der Waals surface area contributed by atoms with Crippen LogP contribution >= 0.6 is 23.2 Å². The van der Waals surface area contributed by atoms with Crippen molar-refractivity contribution >= 4 is 64.3 Å². The third-order valence-corrected chi connectivity index (χ3v) is 14.6. The van der Waals surface area contributed by atoms with Crippen LogP contribution in [0, 0.1) is 17.7 Å². The van der Waals surface area contributed by atoms with Crippen molar-refractivity contribution < 1.29 is 33.2 Å². The first-order valence-corrected chi connectivity index (χ1v) is 22.3. The minimum atomic E-state index is -1.31. The lowest BCUT2D eigenvalue weighted by atomic mass is 9.55. The Kier molecular flexibility index (Phi) is 11.4. The van der Waals surface area contributed by atoms with Crippen molar-refractivity contribution in [2.24, 2.45) is 0 Å². The summed E-state index contributed by atoms with van der Waals surface area (Å²) in [4.78, 5) is 81.1. The Balaban J connectivity index is 0.839. The SMILES string of the molecule is O=C1CCC(N2Cc3c(C#CCCC(=O)N[C@H]4CC[C@H](NC(=O)[C@@H]5NC6(CCCCC6)[C@@]6(C(=O)Nc7cc(Cl)ccc76)[C@H]5c5cccc(Cl)c5F)CC4)cccc3C2=O)C(=O)N1. The van der Waals surface area contributed by atoms with Gasteiger partial charge in [-0.05, 0) is 92.0 Å². The topological polar surface area (TPSA) is 166 Å². The van der Waals surface area contributed by atoms with Crippen LogP contribution in [0.1, 0.15) is 122 Å². The quantitative estimate of drug-likeness (QED) is 0.145. The molecule has 3 aromatic rings. The fourth-order valence-corrected chi connectivity index (χ4v) is 11.6. The molecule has 1 unspecified atom stereocenters.